The minimum atomic E-state index is -0.664. The second kappa shape index (κ2) is 8.20. The number of rotatable bonds is 4. The molecule has 1 aromatic rings. The standard InChI is InChI=1S/C12H16Br3NO2.ClH/c1-3-5(2)11(17)10(16)8-6(13)4-7(14)12(18)9(8)15;/h4-5,10-11,17-18H,3,16H2,1-2H3;1H/t5?,10-,11+;/m0./s1. The highest BCUT2D eigenvalue weighted by Gasteiger charge is 2.27. The molecule has 0 aliphatic rings. The first-order valence-electron chi connectivity index (χ1n) is 5.61. The van der Waals surface area contributed by atoms with Gasteiger partial charge in [-0.15, -0.1) is 12.4 Å². The van der Waals surface area contributed by atoms with E-state index in [2.05, 4.69) is 47.8 Å². The predicted octanol–water partition coefficient (Wildman–Crippen LogP) is 4.51. The molecule has 110 valence electrons. The molecule has 3 nitrogen and oxygen atoms in total. The van der Waals surface area contributed by atoms with E-state index in [9.17, 15) is 10.2 Å². The summed E-state index contributed by atoms with van der Waals surface area (Å²) in [4.78, 5) is 0. The minimum Gasteiger partial charge on any atom is -0.506 e. The Bertz CT molecular complexity index is 445. The third kappa shape index (κ3) is 4.32. The number of hydrogen-bond acceptors (Lipinski definition) is 3. The fourth-order valence-corrected chi connectivity index (χ4v) is 4.32. The van der Waals surface area contributed by atoms with Gasteiger partial charge in [0, 0.05) is 10.0 Å². The molecule has 7 heteroatoms. The molecule has 0 spiro atoms. The first kappa shape index (κ1) is 19.7. The van der Waals surface area contributed by atoms with E-state index in [1.165, 1.54) is 0 Å². The van der Waals surface area contributed by atoms with E-state index in [1.54, 1.807) is 6.07 Å². The van der Waals surface area contributed by atoms with E-state index in [0.29, 0.717) is 14.5 Å². The largest absolute Gasteiger partial charge is 0.506 e. The molecule has 1 rings (SSSR count). The van der Waals surface area contributed by atoms with Crippen molar-refractivity contribution >= 4 is 60.2 Å². The molecule has 0 aliphatic carbocycles. The third-order valence-corrected chi connectivity index (χ3v) is 5.17. The number of phenols is 1. The van der Waals surface area contributed by atoms with Crippen molar-refractivity contribution in [1.82, 2.24) is 0 Å². The maximum absolute atomic E-state index is 10.2. The van der Waals surface area contributed by atoms with Crippen molar-refractivity contribution in [1.29, 1.82) is 0 Å². The van der Waals surface area contributed by atoms with Crippen molar-refractivity contribution < 1.29 is 10.2 Å². The zero-order chi connectivity index (χ0) is 14.0. The smallest absolute Gasteiger partial charge is 0.144 e. The van der Waals surface area contributed by atoms with Crippen LogP contribution in [0.15, 0.2) is 19.5 Å². The molecule has 0 amide bonds. The summed E-state index contributed by atoms with van der Waals surface area (Å²) >= 11 is 9.98. The Morgan fingerprint density at radius 3 is 2.26 bits per heavy atom. The van der Waals surface area contributed by atoms with E-state index < -0.39 is 12.1 Å². The van der Waals surface area contributed by atoms with Gasteiger partial charge in [0.05, 0.1) is 21.1 Å². The number of hydrogen-bond donors (Lipinski definition) is 3. The van der Waals surface area contributed by atoms with Gasteiger partial charge in [0.25, 0.3) is 0 Å². The Labute approximate surface area is 144 Å². The van der Waals surface area contributed by atoms with Crippen LogP contribution < -0.4 is 5.73 Å². The van der Waals surface area contributed by atoms with Crippen LogP contribution in [0.2, 0.25) is 0 Å². The van der Waals surface area contributed by atoms with Gasteiger partial charge >= 0.3 is 0 Å². The SMILES string of the molecule is CCC(C)[C@@H](O)[C@@H](N)c1c(Br)cc(Br)c(O)c1Br.Cl. The Balaban J connectivity index is 0.00000324. The molecule has 4 N–H and O–H groups in total. The molecule has 0 heterocycles. The quantitative estimate of drug-likeness (QED) is 0.592. The number of halogens is 4. The summed E-state index contributed by atoms with van der Waals surface area (Å²) in [6, 6.07) is 1.15. The van der Waals surface area contributed by atoms with Crippen LogP contribution in [0.1, 0.15) is 31.9 Å². The van der Waals surface area contributed by atoms with Crippen LogP contribution in [0.5, 0.6) is 5.75 Å². The lowest BCUT2D eigenvalue weighted by Crippen LogP contribution is -2.32. The van der Waals surface area contributed by atoms with Crippen molar-refractivity contribution in [3.05, 3.63) is 25.0 Å². The summed E-state index contributed by atoms with van der Waals surface area (Å²) in [7, 11) is 0. The molecule has 0 radical (unpaired) electrons. The molecule has 0 aliphatic heterocycles. The molecule has 3 atom stereocenters. The van der Waals surface area contributed by atoms with Crippen molar-refractivity contribution in [3.63, 3.8) is 0 Å². The second-order valence-corrected chi connectivity index (χ2v) is 6.82. The number of aliphatic hydroxyl groups is 1. The minimum absolute atomic E-state index is 0. The van der Waals surface area contributed by atoms with E-state index in [0.717, 1.165) is 10.9 Å². The molecular weight excluding hydrogens is 465 g/mol. The molecule has 0 fully saturated rings. The van der Waals surface area contributed by atoms with Gasteiger partial charge in [-0.2, -0.15) is 0 Å². The van der Waals surface area contributed by atoms with Crippen LogP contribution in [0.4, 0.5) is 0 Å². The highest BCUT2D eigenvalue weighted by Crippen LogP contribution is 2.42. The topological polar surface area (TPSA) is 66.5 Å². The average molecular weight is 482 g/mol. The highest BCUT2D eigenvalue weighted by atomic mass is 79.9. The number of nitrogens with two attached hydrogens (primary N) is 1. The fraction of sp³-hybridized carbons (Fsp3) is 0.500. The van der Waals surface area contributed by atoms with Gasteiger partial charge in [0.15, 0.2) is 0 Å². The third-order valence-electron chi connectivity index (χ3n) is 3.11. The molecule has 0 bridgehead atoms. The van der Waals surface area contributed by atoms with Gasteiger partial charge in [-0.3, -0.25) is 0 Å². The van der Waals surface area contributed by atoms with Crippen LogP contribution in [-0.4, -0.2) is 16.3 Å². The molecule has 19 heavy (non-hydrogen) atoms. The van der Waals surface area contributed by atoms with E-state index in [4.69, 9.17) is 5.73 Å². The zero-order valence-corrected chi connectivity index (χ0v) is 16.1. The van der Waals surface area contributed by atoms with Gasteiger partial charge in [-0.25, -0.2) is 0 Å². The number of aromatic hydroxyl groups is 1. The van der Waals surface area contributed by atoms with Crippen molar-refractivity contribution in [2.75, 3.05) is 0 Å². The predicted molar refractivity (Wildman–Crippen MR) is 90.8 cm³/mol. The van der Waals surface area contributed by atoms with Crippen LogP contribution in [0.25, 0.3) is 0 Å². The normalized spacial score (nSPS) is 15.5. The molecule has 1 aromatic carbocycles. The van der Waals surface area contributed by atoms with Crippen molar-refractivity contribution in [2.24, 2.45) is 11.7 Å². The molecular formula is C12H17Br3ClNO2. The van der Waals surface area contributed by atoms with E-state index in [-0.39, 0.29) is 24.1 Å². The Morgan fingerprint density at radius 2 is 1.79 bits per heavy atom. The maximum atomic E-state index is 10.2. The lowest BCUT2D eigenvalue weighted by molar-refractivity contribution is 0.0874. The van der Waals surface area contributed by atoms with Crippen LogP contribution in [0, 0.1) is 5.92 Å². The lowest BCUT2D eigenvalue weighted by atomic mass is 9.91. The average Bonchev–Trinajstić information content (AvgIpc) is 2.34. The first-order valence-corrected chi connectivity index (χ1v) is 7.99. The fourth-order valence-electron chi connectivity index (χ4n) is 1.67. The summed E-state index contributed by atoms with van der Waals surface area (Å²) in [6.45, 7) is 3.95. The summed E-state index contributed by atoms with van der Waals surface area (Å²) in [5.74, 6) is 0.171. The zero-order valence-electron chi connectivity index (χ0n) is 10.5. The van der Waals surface area contributed by atoms with Gasteiger partial charge < -0.3 is 15.9 Å². The number of phenolic OH excluding ortho intramolecular Hbond substituents is 1. The maximum Gasteiger partial charge on any atom is 0.144 e. The molecule has 0 saturated carbocycles. The molecule has 0 aromatic heterocycles. The van der Waals surface area contributed by atoms with Gasteiger partial charge in [0.2, 0.25) is 0 Å². The highest BCUT2D eigenvalue weighted by molar-refractivity contribution is 9.11. The van der Waals surface area contributed by atoms with Gasteiger partial charge in [0.1, 0.15) is 5.75 Å². The van der Waals surface area contributed by atoms with Gasteiger partial charge in [-0.05, 0) is 43.8 Å². The molecule has 1 unspecified atom stereocenters. The monoisotopic (exact) mass is 479 g/mol. The Morgan fingerprint density at radius 1 is 1.26 bits per heavy atom. The number of benzene rings is 1. The van der Waals surface area contributed by atoms with Crippen LogP contribution in [0.3, 0.4) is 0 Å². The Hall–Kier alpha value is 0.670. The Kier molecular flexibility index (Phi) is 8.48. The van der Waals surface area contributed by atoms with Crippen molar-refractivity contribution in [2.45, 2.75) is 32.4 Å². The second-order valence-electron chi connectivity index (χ2n) is 4.32. The summed E-state index contributed by atoms with van der Waals surface area (Å²) in [5.41, 5.74) is 6.77. The van der Waals surface area contributed by atoms with E-state index >= 15 is 0 Å². The number of aliphatic hydroxyl groups excluding tert-OH is 1. The first-order chi connectivity index (χ1) is 8.31. The van der Waals surface area contributed by atoms with Crippen LogP contribution >= 0.6 is 60.2 Å². The summed E-state index contributed by atoms with van der Waals surface area (Å²) in [6.07, 6.45) is 0.176. The molecule has 0 saturated heterocycles. The van der Waals surface area contributed by atoms with E-state index in [1.807, 2.05) is 13.8 Å². The summed E-state index contributed by atoms with van der Waals surface area (Å²) < 4.78 is 1.81. The van der Waals surface area contributed by atoms with Gasteiger partial charge in [-0.1, -0.05) is 36.2 Å². The summed E-state index contributed by atoms with van der Waals surface area (Å²) in [5, 5.41) is 20.1. The van der Waals surface area contributed by atoms with Crippen molar-refractivity contribution in [3.8, 4) is 5.75 Å². The lowest BCUT2D eigenvalue weighted by Gasteiger charge is -2.26. The van der Waals surface area contributed by atoms with Crippen LogP contribution in [-0.2, 0) is 0 Å².